The molecule has 0 amide bonds. The molecule has 1 N–H and O–H groups in total. The Kier molecular flexibility index (Phi) is 4.98. The summed E-state index contributed by atoms with van der Waals surface area (Å²) < 4.78 is 0. The number of rotatable bonds is 6. The monoisotopic (exact) mass is 373 g/mol. The molecule has 1 aliphatic rings. The highest BCUT2D eigenvalue weighted by Gasteiger charge is 2.30. The average molecular weight is 373 g/mol. The predicted octanol–water partition coefficient (Wildman–Crippen LogP) is 4.43. The van der Waals surface area contributed by atoms with Gasteiger partial charge >= 0.3 is 5.97 Å². The molecule has 2 aromatic carbocycles. The molecule has 142 valence electrons. The van der Waals surface area contributed by atoms with Crippen LogP contribution in [0.5, 0.6) is 0 Å². The lowest BCUT2D eigenvalue weighted by atomic mass is 9.98. The Balaban J connectivity index is 1.53. The Morgan fingerprint density at radius 3 is 2.64 bits per heavy atom. The number of carboxylic acid groups (broad SMARTS) is 1. The lowest BCUT2D eigenvalue weighted by Gasteiger charge is -2.23. The van der Waals surface area contributed by atoms with Crippen molar-refractivity contribution in [2.45, 2.75) is 18.9 Å². The summed E-state index contributed by atoms with van der Waals surface area (Å²) in [5, 5.41) is 9.25. The maximum atomic E-state index is 11.2. The highest BCUT2D eigenvalue weighted by Crippen LogP contribution is 2.42. The van der Waals surface area contributed by atoms with Crippen molar-refractivity contribution in [1.29, 1.82) is 0 Å². The van der Waals surface area contributed by atoms with Crippen LogP contribution in [0.3, 0.4) is 0 Å². The molecular weight excluding hydrogens is 350 g/mol. The molecule has 0 saturated carbocycles. The van der Waals surface area contributed by atoms with E-state index in [-0.39, 0.29) is 12.3 Å². The molecule has 0 spiro atoms. The summed E-state index contributed by atoms with van der Waals surface area (Å²) >= 11 is 0. The van der Waals surface area contributed by atoms with Crippen molar-refractivity contribution in [3.8, 4) is 0 Å². The van der Waals surface area contributed by atoms with Gasteiger partial charge in [-0.25, -0.2) is 0 Å². The van der Waals surface area contributed by atoms with Gasteiger partial charge in [-0.1, -0.05) is 24.3 Å². The highest BCUT2D eigenvalue weighted by atomic mass is 16.4. The SMILES string of the molecule is CN(Cc1cccnc1)c1ccc(N2CC(CC(=O)O)c3ccccc32)cc1. The van der Waals surface area contributed by atoms with Gasteiger partial charge in [0.2, 0.25) is 0 Å². The zero-order chi connectivity index (χ0) is 19.5. The molecule has 5 heteroatoms. The molecule has 0 aliphatic carbocycles. The maximum absolute atomic E-state index is 11.2. The molecule has 5 nitrogen and oxygen atoms in total. The zero-order valence-corrected chi connectivity index (χ0v) is 15.8. The molecule has 2 heterocycles. The van der Waals surface area contributed by atoms with E-state index in [2.05, 4.69) is 58.2 Å². The zero-order valence-electron chi connectivity index (χ0n) is 15.8. The molecule has 1 aliphatic heterocycles. The number of carbonyl (C=O) groups is 1. The topological polar surface area (TPSA) is 56.7 Å². The molecule has 1 unspecified atom stereocenters. The summed E-state index contributed by atoms with van der Waals surface area (Å²) in [6.45, 7) is 1.48. The lowest BCUT2D eigenvalue weighted by Crippen LogP contribution is -2.18. The first kappa shape index (κ1) is 18.0. The van der Waals surface area contributed by atoms with Crippen LogP contribution in [0.15, 0.2) is 73.1 Å². The molecule has 0 saturated heterocycles. The summed E-state index contributed by atoms with van der Waals surface area (Å²) in [5.74, 6) is -0.740. The summed E-state index contributed by atoms with van der Waals surface area (Å²) in [5.41, 5.74) is 5.59. The van der Waals surface area contributed by atoms with E-state index in [9.17, 15) is 9.90 Å². The van der Waals surface area contributed by atoms with Crippen molar-refractivity contribution >= 4 is 23.0 Å². The van der Waals surface area contributed by atoms with Gasteiger partial charge in [0.1, 0.15) is 0 Å². The van der Waals surface area contributed by atoms with E-state index in [4.69, 9.17) is 0 Å². The number of aromatic nitrogens is 1. The van der Waals surface area contributed by atoms with Crippen molar-refractivity contribution in [2.75, 3.05) is 23.4 Å². The molecule has 3 aromatic rings. The Labute approximate surface area is 164 Å². The number of carboxylic acids is 1. The second kappa shape index (κ2) is 7.72. The first-order chi connectivity index (χ1) is 13.6. The first-order valence-electron chi connectivity index (χ1n) is 9.40. The van der Waals surface area contributed by atoms with Gasteiger partial charge in [-0.2, -0.15) is 0 Å². The molecule has 4 rings (SSSR count). The van der Waals surface area contributed by atoms with Crippen molar-refractivity contribution in [1.82, 2.24) is 4.98 Å². The van der Waals surface area contributed by atoms with Crippen LogP contribution in [0.1, 0.15) is 23.5 Å². The number of hydrogen-bond acceptors (Lipinski definition) is 4. The number of nitrogens with zero attached hydrogens (tertiary/aromatic N) is 3. The molecule has 0 bridgehead atoms. The predicted molar refractivity (Wildman–Crippen MR) is 111 cm³/mol. The van der Waals surface area contributed by atoms with E-state index in [0.717, 1.165) is 29.2 Å². The summed E-state index contributed by atoms with van der Waals surface area (Å²) in [7, 11) is 2.07. The molecule has 0 fully saturated rings. The van der Waals surface area contributed by atoms with Crippen LogP contribution in [0.4, 0.5) is 17.1 Å². The average Bonchev–Trinajstić information content (AvgIpc) is 3.07. The molecule has 1 atom stereocenters. The van der Waals surface area contributed by atoms with Crippen molar-refractivity contribution in [3.63, 3.8) is 0 Å². The minimum atomic E-state index is -0.756. The smallest absolute Gasteiger partial charge is 0.304 e. The quantitative estimate of drug-likeness (QED) is 0.693. The van der Waals surface area contributed by atoms with Crippen LogP contribution in [0, 0.1) is 0 Å². The van der Waals surface area contributed by atoms with Crippen LogP contribution in [-0.4, -0.2) is 29.7 Å². The lowest BCUT2D eigenvalue weighted by molar-refractivity contribution is -0.137. The van der Waals surface area contributed by atoms with Gasteiger partial charge in [-0.15, -0.1) is 0 Å². The number of pyridine rings is 1. The van der Waals surface area contributed by atoms with Crippen molar-refractivity contribution < 1.29 is 9.90 Å². The van der Waals surface area contributed by atoms with E-state index in [1.54, 1.807) is 6.20 Å². The minimum Gasteiger partial charge on any atom is -0.481 e. The standard InChI is InChI=1S/C23H23N3O2/c1-25(15-17-5-4-12-24-14-17)19-8-10-20(11-9-19)26-16-18(13-23(27)28)21-6-2-3-7-22(21)26/h2-12,14,18H,13,15-16H2,1H3,(H,27,28). The summed E-state index contributed by atoms with van der Waals surface area (Å²) in [6.07, 6.45) is 3.82. The molecule has 1 aromatic heterocycles. The van der Waals surface area contributed by atoms with Crippen molar-refractivity contribution in [3.05, 3.63) is 84.2 Å². The van der Waals surface area contributed by atoms with Crippen LogP contribution in [-0.2, 0) is 11.3 Å². The maximum Gasteiger partial charge on any atom is 0.304 e. The van der Waals surface area contributed by atoms with E-state index >= 15 is 0 Å². The van der Waals surface area contributed by atoms with Crippen molar-refractivity contribution in [2.24, 2.45) is 0 Å². The van der Waals surface area contributed by atoms with Crippen LogP contribution in [0.25, 0.3) is 0 Å². The molecule has 0 radical (unpaired) electrons. The minimum absolute atomic E-state index is 0.0154. The third-order valence-electron chi connectivity index (χ3n) is 5.24. The first-order valence-corrected chi connectivity index (χ1v) is 9.40. The van der Waals surface area contributed by atoms with E-state index in [1.165, 1.54) is 5.56 Å². The Bertz CT molecular complexity index is 957. The van der Waals surface area contributed by atoms with E-state index in [1.807, 2.05) is 30.5 Å². The number of aliphatic carboxylic acids is 1. The number of benzene rings is 2. The van der Waals surface area contributed by atoms with E-state index < -0.39 is 5.97 Å². The third kappa shape index (κ3) is 3.69. The van der Waals surface area contributed by atoms with Crippen LogP contribution < -0.4 is 9.80 Å². The summed E-state index contributed by atoms with van der Waals surface area (Å²) in [4.78, 5) is 19.8. The second-order valence-corrected chi connectivity index (χ2v) is 7.20. The Morgan fingerprint density at radius 1 is 1.14 bits per heavy atom. The number of para-hydroxylation sites is 1. The number of fused-ring (bicyclic) bond motifs is 1. The number of anilines is 3. The molecular formula is C23H23N3O2. The van der Waals surface area contributed by atoms with Gasteiger partial charge in [-0.05, 0) is 47.5 Å². The highest BCUT2D eigenvalue weighted by molar-refractivity contribution is 5.75. The Hall–Kier alpha value is -3.34. The van der Waals surface area contributed by atoms with Gasteiger partial charge < -0.3 is 14.9 Å². The van der Waals surface area contributed by atoms with Gasteiger partial charge in [-0.3, -0.25) is 9.78 Å². The largest absolute Gasteiger partial charge is 0.481 e. The second-order valence-electron chi connectivity index (χ2n) is 7.20. The third-order valence-corrected chi connectivity index (χ3v) is 5.24. The van der Waals surface area contributed by atoms with Gasteiger partial charge in [0.05, 0.1) is 6.42 Å². The van der Waals surface area contributed by atoms with Gasteiger partial charge in [0.25, 0.3) is 0 Å². The van der Waals surface area contributed by atoms with E-state index in [0.29, 0.717) is 6.54 Å². The van der Waals surface area contributed by atoms with Crippen LogP contribution in [0.2, 0.25) is 0 Å². The normalized spacial score (nSPS) is 15.3. The van der Waals surface area contributed by atoms with Crippen LogP contribution >= 0.6 is 0 Å². The fourth-order valence-corrected chi connectivity index (χ4v) is 3.87. The van der Waals surface area contributed by atoms with Gasteiger partial charge in [0.15, 0.2) is 0 Å². The fraction of sp³-hybridized carbons (Fsp3) is 0.217. The fourth-order valence-electron chi connectivity index (χ4n) is 3.87. The van der Waals surface area contributed by atoms with Gasteiger partial charge in [0, 0.05) is 55.5 Å². The number of hydrogen-bond donors (Lipinski definition) is 1. The summed E-state index contributed by atoms with van der Waals surface area (Å²) in [6, 6.07) is 20.5. The Morgan fingerprint density at radius 2 is 1.93 bits per heavy atom. The molecule has 28 heavy (non-hydrogen) atoms.